The summed E-state index contributed by atoms with van der Waals surface area (Å²) < 4.78 is 7.76. The van der Waals surface area contributed by atoms with Gasteiger partial charge in [-0.15, -0.1) is 5.10 Å². The number of para-hydroxylation sites is 1. The lowest BCUT2D eigenvalue weighted by atomic mass is 10.1. The summed E-state index contributed by atoms with van der Waals surface area (Å²) in [5.74, 6) is 1.99. The molecule has 3 aromatic heterocycles. The number of pyridine rings is 2. The Morgan fingerprint density at radius 1 is 0.727 bits per heavy atom. The van der Waals surface area contributed by atoms with E-state index in [9.17, 15) is 0 Å². The summed E-state index contributed by atoms with van der Waals surface area (Å²) >= 11 is 0. The third-order valence-corrected chi connectivity index (χ3v) is 5.56. The van der Waals surface area contributed by atoms with E-state index in [4.69, 9.17) is 15.5 Å². The Balaban J connectivity index is 1.45. The molecule has 0 saturated carbocycles. The molecule has 0 atom stereocenters. The first-order valence-electron chi connectivity index (χ1n) is 10.6. The number of aromatic nitrogens is 4. The number of nitrogens with two attached hydrogens (primary N) is 1. The molecule has 6 rings (SSSR count). The molecule has 0 aliphatic rings. The topological polar surface area (TPSA) is 78.8 Å². The second-order valence-corrected chi connectivity index (χ2v) is 7.67. The Morgan fingerprint density at radius 2 is 1.55 bits per heavy atom. The standard InChI is InChI=1S/C27H19N5O/c28-27-23-14-16-30-25(19-8-13-24-18(17-19)5-4-15-29-24)26(23)32(31-27)20-9-11-22(12-10-20)33-21-6-2-1-3-7-21/h1-17H,(H2,28,31). The molecule has 0 unspecified atom stereocenters. The molecule has 0 amide bonds. The van der Waals surface area contributed by atoms with Crippen LogP contribution in [0.25, 0.3) is 38.8 Å². The van der Waals surface area contributed by atoms with Gasteiger partial charge in [0.2, 0.25) is 0 Å². The van der Waals surface area contributed by atoms with Crippen LogP contribution in [0.2, 0.25) is 0 Å². The fourth-order valence-electron chi connectivity index (χ4n) is 3.99. The molecule has 0 fully saturated rings. The number of fused-ring (bicyclic) bond motifs is 2. The molecule has 3 aromatic carbocycles. The van der Waals surface area contributed by atoms with Gasteiger partial charge in [-0.2, -0.15) is 0 Å². The smallest absolute Gasteiger partial charge is 0.153 e. The van der Waals surface area contributed by atoms with Gasteiger partial charge in [0.15, 0.2) is 5.82 Å². The highest BCUT2D eigenvalue weighted by molar-refractivity contribution is 6.00. The normalized spacial score (nSPS) is 11.2. The summed E-state index contributed by atoms with van der Waals surface area (Å²) in [6.45, 7) is 0. The zero-order chi connectivity index (χ0) is 22.2. The average molecular weight is 429 g/mol. The number of rotatable bonds is 4. The molecule has 0 spiro atoms. The summed E-state index contributed by atoms with van der Waals surface area (Å²) in [6, 6.07) is 29.5. The van der Waals surface area contributed by atoms with Crippen molar-refractivity contribution in [2.24, 2.45) is 0 Å². The molecule has 6 heteroatoms. The van der Waals surface area contributed by atoms with Crippen molar-refractivity contribution in [3.63, 3.8) is 0 Å². The molecule has 3 heterocycles. The Bertz CT molecular complexity index is 1590. The van der Waals surface area contributed by atoms with Gasteiger partial charge in [0, 0.05) is 28.7 Å². The fraction of sp³-hybridized carbons (Fsp3) is 0. The summed E-state index contributed by atoms with van der Waals surface area (Å²) in [4.78, 5) is 9.11. The Morgan fingerprint density at radius 3 is 2.39 bits per heavy atom. The minimum Gasteiger partial charge on any atom is -0.457 e. The molecule has 0 aliphatic heterocycles. The van der Waals surface area contributed by atoms with Crippen LogP contribution in [0.3, 0.4) is 0 Å². The average Bonchev–Trinajstić information content (AvgIpc) is 3.21. The first kappa shape index (κ1) is 19.0. The van der Waals surface area contributed by atoms with Gasteiger partial charge in [0.25, 0.3) is 0 Å². The zero-order valence-electron chi connectivity index (χ0n) is 17.6. The van der Waals surface area contributed by atoms with E-state index >= 15 is 0 Å². The Kier molecular flexibility index (Phi) is 4.47. The maximum absolute atomic E-state index is 6.29. The molecule has 158 valence electrons. The van der Waals surface area contributed by atoms with Crippen LogP contribution < -0.4 is 10.5 Å². The summed E-state index contributed by atoms with van der Waals surface area (Å²) in [7, 11) is 0. The van der Waals surface area contributed by atoms with E-state index in [2.05, 4.69) is 16.1 Å². The lowest BCUT2D eigenvalue weighted by molar-refractivity contribution is 0.482. The summed E-state index contributed by atoms with van der Waals surface area (Å²) in [5, 5.41) is 6.53. The van der Waals surface area contributed by atoms with Crippen molar-refractivity contribution in [2.45, 2.75) is 0 Å². The largest absolute Gasteiger partial charge is 0.457 e. The highest BCUT2D eigenvalue weighted by Crippen LogP contribution is 2.33. The highest BCUT2D eigenvalue weighted by atomic mass is 16.5. The van der Waals surface area contributed by atoms with E-state index in [0.29, 0.717) is 5.82 Å². The van der Waals surface area contributed by atoms with Crippen molar-refractivity contribution in [1.29, 1.82) is 0 Å². The third kappa shape index (κ3) is 3.43. The van der Waals surface area contributed by atoms with Crippen molar-refractivity contribution in [1.82, 2.24) is 19.7 Å². The van der Waals surface area contributed by atoms with Crippen molar-refractivity contribution >= 4 is 27.6 Å². The number of hydrogen-bond acceptors (Lipinski definition) is 5. The van der Waals surface area contributed by atoms with Crippen molar-refractivity contribution < 1.29 is 4.74 Å². The molecule has 6 aromatic rings. The van der Waals surface area contributed by atoms with Crippen molar-refractivity contribution in [3.8, 4) is 28.4 Å². The molecule has 0 radical (unpaired) electrons. The van der Waals surface area contributed by atoms with Crippen LogP contribution in [0.5, 0.6) is 11.5 Å². The number of benzene rings is 3. The van der Waals surface area contributed by atoms with Gasteiger partial charge in [-0.25, -0.2) is 4.68 Å². The van der Waals surface area contributed by atoms with E-state index in [1.54, 1.807) is 12.4 Å². The zero-order valence-corrected chi connectivity index (χ0v) is 17.6. The first-order valence-corrected chi connectivity index (χ1v) is 10.6. The molecular formula is C27H19N5O. The number of nitrogens with zero attached hydrogens (tertiary/aromatic N) is 4. The summed E-state index contributed by atoms with van der Waals surface area (Å²) in [6.07, 6.45) is 3.56. The van der Waals surface area contributed by atoms with Gasteiger partial charge in [-0.05, 0) is 60.7 Å². The third-order valence-electron chi connectivity index (χ3n) is 5.56. The van der Waals surface area contributed by atoms with Crippen LogP contribution >= 0.6 is 0 Å². The maximum atomic E-state index is 6.29. The van der Waals surface area contributed by atoms with E-state index in [1.165, 1.54) is 0 Å². The second-order valence-electron chi connectivity index (χ2n) is 7.67. The van der Waals surface area contributed by atoms with Crippen molar-refractivity contribution in [3.05, 3.63) is 103 Å². The van der Waals surface area contributed by atoms with Gasteiger partial charge in [0.1, 0.15) is 17.0 Å². The van der Waals surface area contributed by atoms with Gasteiger partial charge in [0.05, 0.1) is 16.9 Å². The second kappa shape index (κ2) is 7.76. The van der Waals surface area contributed by atoms with E-state index in [0.717, 1.165) is 50.2 Å². The molecule has 0 bridgehead atoms. The van der Waals surface area contributed by atoms with Crippen LogP contribution in [0.4, 0.5) is 5.82 Å². The Hall–Kier alpha value is -4.71. The molecular weight excluding hydrogens is 410 g/mol. The Labute approximate surface area is 189 Å². The van der Waals surface area contributed by atoms with Gasteiger partial charge >= 0.3 is 0 Å². The minimum absolute atomic E-state index is 0.459. The van der Waals surface area contributed by atoms with Gasteiger partial charge in [-0.3, -0.25) is 9.97 Å². The van der Waals surface area contributed by atoms with Crippen LogP contribution in [0.1, 0.15) is 0 Å². The predicted octanol–water partition coefficient (Wildman–Crippen LogP) is 6.01. The molecule has 0 saturated heterocycles. The maximum Gasteiger partial charge on any atom is 0.153 e. The quantitative estimate of drug-likeness (QED) is 0.371. The van der Waals surface area contributed by atoms with Crippen LogP contribution in [-0.4, -0.2) is 19.7 Å². The lowest BCUT2D eigenvalue weighted by Crippen LogP contribution is -1.99. The van der Waals surface area contributed by atoms with Crippen LogP contribution in [0.15, 0.2) is 103 Å². The van der Waals surface area contributed by atoms with Gasteiger partial charge < -0.3 is 10.5 Å². The number of nitrogen functional groups attached to an aromatic ring is 1. The first-order chi connectivity index (χ1) is 16.3. The SMILES string of the molecule is Nc1nn(-c2ccc(Oc3ccccc3)cc2)c2c(-c3ccc4ncccc4c3)nccc12. The fourth-order valence-corrected chi connectivity index (χ4v) is 3.99. The van der Waals surface area contributed by atoms with E-state index in [1.807, 2.05) is 89.6 Å². The lowest BCUT2D eigenvalue weighted by Gasteiger charge is -2.10. The molecule has 6 nitrogen and oxygen atoms in total. The monoisotopic (exact) mass is 429 g/mol. The van der Waals surface area contributed by atoms with Crippen molar-refractivity contribution in [2.75, 3.05) is 5.73 Å². The van der Waals surface area contributed by atoms with Crippen LogP contribution in [-0.2, 0) is 0 Å². The van der Waals surface area contributed by atoms with E-state index < -0.39 is 0 Å². The molecule has 33 heavy (non-hydrogen) atoms. The number of hydrogen-bond donors (Lipinski definition) is 1. The molecule has 2 N–H and O–H groups in total. The van der Waals surface area contributed by atoms with Crippen LogP contribution in [0, 0.1) is 0 Å². The highest BCUT2D eigenvalue weighted by Gasteiger charge is 2.16. The molecule has 0 aliphatic carbocycles. The minimum atomic E-state index is 0.459. The predicted molar refractivity (Wildman–Crippen MR) is 131 cm³/mol. The number of ether oxygens (including phenoxy) is 1. The van der Waals surface area contributed by atoms with E-state index in [-0.39, 0.29) is 0 Å². The summed E-state index contributed by atoms with van der Waals surface area (Å²) in [5.41, 5.74) is 10.7. The number of anilines is 1. The van der Waals surface area contributed by atoms with Gasteiger partial charge in [-0.1, -0.05) is 30.3 Å².